The lowest BCUT2D eigenvalue weighted by Gasteiger charge is -2.45. The molecule has 3 amide bonds. The van der Waals surface area contributed by atoms with Gasteiger partial charge in [0, 0.05) is 35.1 Å². The van der Waals surface area contributed by atoms with Gasteiger partial charge >= 0.3 is 0 Å². The molecule has 0 saturated carbocycles. The molecule has 4 aliphatic rings. The average Bonchev–Trinajstić information content (AvgIpc) is 3.30. The van der Waals surface area contributed by atoms with Gasteiger partial charge in [-0.05, 0) is 65.4 Å². The molecule has 3 aliphatic carbocycles. The number of hydrogen-bond donors (Lipinski definition) is 0. The summed E-state index contributed by atoms with van der Waals surface area (Å²) in [4.78, 5) is 67.2. The molecule has 8 rings (SSSR count). The Kier molecular flexibility index (Phi) is 6.28. The maximum absolute atomic E-state index is 14.4. The Bertz CT molecular complexity index is 1800. The van der Waals surface area contributed by atoms with Gasteiger partial charge in [-0.25, -0.2) is 5.01 Å². The predicted molar refractivity (Wildman–Crippen MR) is 160 cm³/mol. The molecule has 44 heavy (non-hydrogen) atoms. The van der Waals surface area contributed by atoms with Crippen LogP contribution in [0.4, 0.5) is 5.69 Å². The monoisotopic (exact) mass is 585 g/mol. The van der Waals surface area contributed by atoms with Crippen LogP contribution in [-0.4, -0.2) is 45.0 Å². The van der Waals surface area contributed by atoms with Crippen LogP contribution in [0.5, 0.6) is 0 Å². The molecule has 9 heteroatoms. The van der Waals surface area contributed by atoms with Gasteiger partial charge in [0.1, 0.15) is 6.54 Å². The lowest BCUT2D eigenvalue weighted by molar-refractivity contribution is -0.384. The number of non-ortho nitro benzene ring substituents is 1. The third kappa shape index (κ3) is 4.00. The smallest absolute Gasteiger partial charge is 0.273 e. The van der Waals surface area contributed by atoms with Crippen LogP contribution < -0.4 is 0 Å². The van der Waals surface area contributed by atoms with Gasteiger partial charge in [-0.15, -0.1) is 0 Å². The van der Waals surface area contributed by atoms with Crippen LogP contribution >= 0.6 is 0 Å². The fraction of sp³-hybridized carbons (Fsp3) is 0.200. The highest BCUT2D eigenvalue weighted by molar-refractivity contribution is 6.11. The van der Waals surface area contributed by atoms with Crippen molar-refractivity contribution in [3.05, 3.63) is 146 Å². The van der Waals surface area contributed by atoms with Crippen LogP contribution in [-0.2, 0) is 9.59 Å². The standard InChI is InChI=1S/C35H27N3O6/c1-19-11-12-22(17-20(19)2)28(39)18-36(33(40)21-13-15-23(16-14-21)38(43)44)37-34(41)31-29-24-7-3-4-8-25(24)30(32(31)35(37)42)27-10-6-5-9-26(27)29/h3-17,29-32H,18H2,1-2H3/t29?,30?,31-,32+. The largest absolute Gasteiger partial charge is 0.292 e. The van der Waals surface area contributed by atoms with Gasteiger partial charge in [-0.2, -0.15) is 5.01 Å². The van der Waals surface area contributed by atoms with Crippen molar-refractivity contribution in [2.24, 2.45) is 11.8 Å². The minimum atomic E-state index is -0.778. The predicted octanol–water partition coefficient (Wildman–Crippen LogP) is 5.34. The maximum Gasteiger partial charge on any atom is 0.273 e. The summed E-state index contributed by atoms with van der Waals surface area (Å²) >= 11 is 0. The number of aryl methyl sites for hydroxylation is 2. The number of hydrogen-bond acceptors (Lipinski definition) is 6. The number of rotatable bonds is 6. The van der Waals surface area contributed by atoms with E-state index in [1.54, 1.807) is 18.2 Å². The molecule has 0 N–H and O–H groups in total. The average molecular weight is 586 g/mol. The first kappa shape index (κ1) is 27.4. The first-order valence-corrected chi connectivity index (χ1v) is 14.4. The van der Waals surface area contributed by atoms with E-state index in [1.165, 1.54) is 24.3 Å². The number of carbonyl (C=O) groups is 4. The normalized spacial score (nSPS) is 21.0. The Labute approximate surface area is 252 Å². The first-order chi connectivity index (χ1) is 21.2. The van der Waals surface area contributed by atoms with Crippen LogP contribution in [0, 0.1) is 35.8 Å². The summed E-state index contributed by atoms with van der Waals surface area (Å²) in [6.45, 7) is 3.22. The van der Waals surface area contributed by atoms with Gasteiger partial charge in [0.05, 0.1) is 16.8 Å². The number of benzene rings is 4. The third-order valence-corrected chi connectivity index (χ3v) is 9.35. The van der Waals surface area contributed by atoms with E-state index in [9.17, 15) is 29.3 Å². The van der Waals surface area contributed by atoms with Crippen LogP contribution in [0.25, 0.3) is 0 Å². The highest BCUT2D eigenvalue weighted by atomic mass is 16.6. The second-order valence-electron chi connectivity index (χ2n) is 11.6. The summed E-state index contributed by atoms with van der Waals surface area (Å²) in [5.74, 6) is -4.57. The van der Waals surface area contributed by atoms with Gasteiger partial charge in [0.25, 0.3) is 23.4 Å². The first-order valence-electron chi connectivity index (χ1n) is 14.4. The lowest BCUT2D eigenvalue weighted by Crippen LogP contribution is -2.52. The van der Waals surface area contributed by atoms with Crippen molar-refractivity contribution >= 4 is 29.2 Å². The third-order valence-electron chi connectivity index (χ3n) is 9.35. The van der Waals surface area contributed by atoms with Crippen molar-refractivity contribution in [2.45, 2.75) is 25.7 Å². The molecule has 1 saturated heterocycles. The molecule has 4 aromatic carbocycles. The van der Waals surface area contributed by atoms with E-state index < -0.39 is 46.8 Å². The Morgan fingerprint density at radius 3 is 1.66 bits per heavy atom. The van der Waals surface area contributed by atoms with Crippen molar-refractivity contribution < 1.29 is 24.1 Å². The molecule has 0 radical (unpaired) electrons. The lowest BCUT2D eigenvalue weighted by atomic mass is 9.55. The van der Waals surface area contributed by atoms with Gasteiger partial charge in [0.15, 0.2) is 5.78 Å². The molecule has 2 bridgehead atoms. The summed E-state index contributed by atoms with van der Waals surface area (Å²) < 4.78 is 0. The fourth-order valence-corrected chi connectivity index (χ4v) is 7.15. The molecule has 1 fully saturated rings. The molecule has 9 nitrogen and oxygen atoms in total. The summed E-state index contributed by atoms with van der Waals surface area (Å²) in [5, 5.41) is 13.0. The van der Waals surface area contributed by atoms with Crippen LogP contribution in [0.1, 0.15) is 65.9 Å². The summed E-state index contributed by atoms with van der Waals surface area (Å²) in [6.07, 6.45) is 0. The van der Waals surface area contributed by atoms with E-state index in [4.69, 9.17) is 0 Å². The van der Waals surface area contributed by atoms with E-state index in [0.717, 1.165) is 43.4 Å². The van der Waals surface area contributed by atoms with Gasteiger partial charge < -0.3 is 0 Å². The molecular weight excluding hydrogens is 558 g/mol. The molecule has 2 atom stereocenters. The summed E-state index contributed by atoms with van der Waals surface area (Å²) in [7, 11) is 0. The van der Waals surface area contributed by atoms with E-state index in [-0.39, 0.29) is 23.1 Å². The van der Waals surface area contributed by atoms with Crippen molar-refractivity contribution in [1.82, 2.24) is 10.0 Å². The Hall–Kier alpha value is -5.44. The summed E-state index contributed by atoms with van der Waals surface area (Å²) in [6, 6.07) is 25.7. The van der Waals surface area contributed by atoms with E-state index >= 15 is 0 Å². The van der Waals surface area contributed by atoms with Crippen molar-refractivity contribution in [3.63, 3.8) is 0 Å². The van der Waals surface area contributed by atoms with Crippen molar-refractivity contribution in [2.75, 3.05) is 6.54 Å². The molecule has 218 valence electrons. The highest BCUT2D eigenvalue weighted by Gasteiger charge is 2.63. The minimum absolute atomic E-state index is 0.00787. The molecular formula is C35H27N3O6. The number of amides is 3. The number of Topliss-reactive ketones (excluding diaryl/α,β-unsaturated/α-hetero) is 1. The Morgan fingerprint density at radius 1 is 0.727 bits per heavy atom. The second-order valence-corrected chi connectivity index (χ2v) is 11.6. The van der Waals surface area contributed by atoms with Gasteiger partial charge in [-0.1, -0.05) is 60.7 Å². The number of hydrazine groups is 1. The number of carbonyl (C=O) groups excluding carboxylic acids is 4. The number of nitro benzene ring substituents is 1. The van der Waals surface area contributed by atoms with Crippen LogP contribution in [0.2, 0.25) is 0 Å². The van der Waals surface area contributed by atoms with Crippen LogP contribution in [0.3, 0.4) is 0 Å². The molecule has 4 aromatic rings. The Balaban J connectivity index is 1.32. The highest BCUT2D eigenvalue weighted by Crippen LogP contribution is 2.61. The SMILES string of the molecule is Cc1ccc(C(=O)CN(C(=O)c2ccc([N+](=O)[O-])cc2)N2C(=O)[C@@H]3C4c5ccccc5C(c5ccccc54)[C@@H]3C2=O)cc1C. The fourth-order valence-electron chi connectivity index (χ4n) is 7.15. The van der Waals surface area contributed by atoms with E-state index in [1.807, 2.05) is 62.4 Å². The maximum atomic E-state index is 14.4. The zero-order chi connectivity index (χ0) is 30.9. The number of nitro groups is 1. The minimum Gasteiger partial charge on any atom is -0.292 e. The zero-order valence-electron chi connectivity index (χ0n) is 24.0. The molecule has 0 unspecified atom stereocenters. The van der Waals surface area contributed by atoms with Crippen LogP contribution in [0.15, 0.2) is 91.0 Å². The second kappa shape index (κ2) is 10.1. The van der Waals surface area contributed by atoms with Gasteiger partial charge in [0.2, 0.25) is 0 Å². The van der Waals surface area contributed by atoms with E-state index in [2.05, 4.69) is 0 Å². The molecule has 1 aliphatic heterocycles. The zero-order valence-corrected chi connectivity index (χ0v) is 24.0. The molecule has 1 heterocycles. The Morgan fingerprint density at radius 2 is 1.20 bits per heavy atom. The number of ketones is 1. The topological polar surface area (TPSA) is 118 Å². The molecule has 0 spiro atoms. The number of imide groups is 1. The molecule has 0 aromatic heterocycles. The van der Waals surface area contributed by atoms with Crippen molar-refractivity contribution in [1.29, 1.82) is 0 Å². The quantitative estimate of drug-likeness (QED) is 0.130. The van der Waals surface area contributed by atoms with Gasteiger partial charge in [-0.3, -0.25) is 29.3 Å². The number of nitrogens with zero attached hydrogens (tertiary/aromatic N) is 3. The van der Waals surface area contributed by atoms with E-state index in [0.29, 0.717) is 5.56 Å². The van der Waals surface area contributed by atoms with Crippen molar-refractivity contribution in [3.8, 4) is 0 Å². The summed E-state index contributed by atoms with van der Waals surface area (Å²) in [5.41, 5.74) is 5.95.